The van der Waals surface area contributed by atoms with Crippen molar-refractivity contribution < 1.29 is 4.74 Å². The Morgan fingerprint density at radius 1 is 1.00 bits per heavy atom. The van der Waals surface area contributed by atoms with Gasteiger partial charge in [-0.15, -0.1) is 0 Å². The first-order valence-corrected chi connectivity index (χ1v) is 5.68. The maximum Gasteiger partial charge on any atom is 0.129 e. The fourth-order valence-corrected chi connectivity index (χ4v) is 1.76. The molecule has 0 saturated heterocycles. The van der Waals surface area contributed by atoms with Crippen LogP contribution in [0.3, 0.4) is 0 Å². The number of aryl methyl sites for hydroxylation is 1. The van der Waals surface area contributed by atoms with Gasteiger partial charge in [0.05, 0.1) is 0 Å². The Labute approximate surface area is 101 Å². The molecule has 16 heavy (non-hydrogen) atoms. The summed E-state index contributed by atoms with van der Waals surface area (Å²) in [5.74, 6) is 1.61. The SMILES string of the molecule is CCc1cc(Cl)cc(Oc2ccccc2)c1. The maximum atomic E-state index is 6.01. The van der Waals surface area contributed by atoms with Crippen molar-refractivity contribution in [1.82, 2.24) is 0 Å². The van der Waals surface area contributed by atoms with Gasteiger partial charge in [0.1, 0.15) is 11.5 Å². The molecule has 0 amide bonds. The van der Waals surface area contributed by atoms with Crippen LogP contribution in [0.2, 0.25) is 5.02 Å². The van der Waals surface area contributed by atoms with E-state index >= 15 is 0 Å². The van der Waals surface area contributed by atoms with E-state index in [9.17, 15) is 0 Å². The number of benzene rings is 2. The highest BCUT2D eigenvalue weighted by atomic mass is 35.5. The van der Waals surface area contributed by atoms with Crippen molar-refractivity contribution in [2.45, 2.75) is 13.3 Å². The minimum atomic E-state index is 0.713. The minimum Gasteiger partial charge on any atom is -0.457 e. The van der Waals surface area contributed by atoms with Crippen molar-refractivity contribution in [2.75, 3.05) is 0 Å². The molecule has 0 aromatic heterocycles. The van der Waals surface area contributed by atoms with E-state index in [0.717, 1.165) is 17.9 Å². The molecule has 0 fully saturated rings. The number of para-hydroxylation sites is 1. The molecule has 2 aromatic rings. The first-order valence-electron chi connectivity index (χ1n) is 5.30. The van der Waals surface area contributed by atoms with Crippen molar-refractivity contribution >= 4 is 11.6 Å². The summed E-state index contributed by atoms with van der Waals surface area (Å²) in [7, 11) is 0. The van der Waals surface area contributed by atoms with E-state index in [1.165, 1.54) is 5.56 Å². The third-order valence-electron chi connectivity index (χ3n) is 2.32. The topological polar surface area (TPSA) is 9.23 Å². The van der Waals surface area contributed by atoms with Gasteiger partial charge < -0.3 is 4.74 Å². The van der Waals surface area contributed by atoms with Crippen molar-refractivity contribution in [3.05, 3.63) is 59.1 Å². The summed E-state index contributed by atoms with van der Waals surface area (Å²) in [5, 5.41) is 0.713. The van der Waals surface area contributed by atoms with E-state index in [-0.39, 0.29) is 0 Å². The van der Waals surface area contributed by atoms with Crippen LogP contribution in [0.1, 0.15) is 12.5 Å². The fraction of sp³-hybridized carbons (Fsp3) is 0.143. The number of rotatable bonds is 3. The lowest BCUT2D eigenvalue weighted by Gasteiger charge is -2.07. The second-order valence-electron chi connectivity index (χ2n) is 3.56. The molecule has 82 valence electrons. The zero-order valence-corrected chi connectivity index (χ0v) is 9.87. The highest BCUT2D eigenvalue weighted by molar-refractivity contribution is 6.30. The van der Waals surface area contributed by atoms with Gasteiger partial charge in [0.25, 0.3) is 0 Å². The standard InChI is InChI=1S/C14H13ClO/c1-2-11-8-12(15)10-14(9-11)16-13-6-4-3-5-7-13/h3-10H,2H2,1H3. The van der Waals surface area contributed by atoms with E-state index < -0.39 is 0 Å². The molecule has 0 heterocycles. The summed E-state index contributed by atoms with van der Waals surface area (Å²) in [5.41, 5.74) is 1.18. The van der Waals surface area contributed by atoms with E-state index in [4.69, 9.17) is 16.3 Å². The summed E-state index contributed by atoms with van der Waals surface area (Å²) >= 11 is 6.01. The molecular formula is C14H13ClO. The molecule has 2 rings (SSSR count). The number of ether oxygens (including phenoxy) is 1. The predicted molar refractivity (Wildman–Crippen MR) is 67.3 cm³/mol. The zero-order chi connectivity index (χ0) is 11.4. The normalized spacial score (nSPS) is 10.1. The predicted octanol–water partition coefficient (Wildman–Crippen LogP) is 4.69. The average Bonchev–Trinajstić information content (AvgIpc) is 2.29. The molecular weight excluding hydrogens is 220 g/mol. The van der Waals surface area contributed by atoms with E-state index in [2.05, 4.69) is 6.92 Å². The Kier molecular flexibility index (Phi) is 3.47. The monoisotopic (exact) mass is 232 g/mol. The summed E-state index contributed by atoms with van der Waals surface area (Å²) in [6.07, 6.45) is 0.950. The van der Waals surface area contributed by atoms with Crippen LogP contribution in [-0.2, 0) is 6.42 Å². The lowest BCUT2D eigenvalue weighted by Crippen LogP contribution is -1.86. The van der Waals surface area contributed by atoms with Crippen LogP contribution in [0.25, 0.3) is 0 Å². The Balaban J connectivity index is 2.24. The molecule has 0 spiro atoms. The van der Waals surface area contributed by atoms with Gasteiger partial charge in [0, 0.05) is 5.02 Å². The quantitative estimate of drug-likeness (QED) is 0.746. The minimum absolute atomic E-state index is 0.713. The van der Waals surface area contributed by atoms with Crippen LogP contribution in [0.4, 0.5) is 0 Å². The van der Waals surface area contributed by atoms with Gasteiger partial charge in [-0.3, -0.25) is 0 Å². The second-order valence-corrected chi connectivity index (χ2v) is 4.00. The largest absolute Gasteiger partial charge is 0.457 e. The van der Waals surface area contributed by atoms with Crippen LogP contribution in [0, 0.1) is 0 Å². The first-order chi connectivity index (χ1) is 7.78. The second kappa shape index (κ2) is 5.04. The molecule has 0 saturated carbocycles. The molecule has 0 bridgehead atoms. The van der Waals surface area contributed by atoms with Crippen LogP contribution < -0.4 is 4.74 Å². The first kappa shape index (κ1) is 11.0. The van der Waals surface area contributed by atoms with Crippen LogP contribution in [0.5, 0.6) is 11.5 Å². The highest BCUT2D eigenvalue weighted by Crippen LogP contribution is 2.26. The van der Waals surface area contributed by atoms with Gasteiger partial charge in [-0.05, 0) is 42.3 Å². The summed E-state index contributed by atoms with van der Waals surface area (Å²) < 4.78 is 5.72. The smallest absolute Gasteiger partial charge is 0.129 e. The fourth-order valence-electron chi connectivity index (χ4n) is 1.51. The van der Waals surface area contributed by atoms with Gasteiger partial charge in [0.2, 0.25) is 0 Å². The zero-order valence-electron chi connectivity index (χ0n) is 9.11. The van der Waals surface area contributed by atoms with Gasteiger partial charge in [0.15, 0.2) is 0 Å². The molecule has 0 unspecified atom stereocenters. The van der Waals surface area contributed by atoms with Gasteiger partial charge in [-0.1, -0.05) is 36.7 Å². The Bertz CT molecular complexity index is 465. The number of hydrogen-bond acceptors (Lipinski definition) is 1. The van der Waals surface area contributed by atoms with E-state index in [0.29, 0.717) is 5.02 Å². The number of halogens is 1. The van der Waals surface area contributed by atoms with Gasteiger partial charge >= 0.3 is 0 Å². The molecule has 0 radical (unpaired) electrons. The molecule has 2 heteroatoms. The van der Waals surface area contributed by atoms with Gasteiger partial charge in [-0.25, -0.2) is 0 Å². The molecule has 0 N–H and O–H groups in total. The highest BCUT2D eigenvalue weighted by Gasteiger charge is 2.00. The molecule has 0 atom stereocenters. The van der Waals surface area contributed by atoms with Crippen LogP contribution in [-0.4, -0.2) is 0 Å². The molecule has 0 aliphatic carbocycles. The van der Waals surface area contributed by atoms with Crippen LogP contribution >= 0.6 is 11.6 Å². The molecule has 1 nitrogen and oxygen atoms in total. The maximum absolute atomic E-state index is 6.01. The summed E-state index contributed by atoms with van der Waals surface area (Å²) in [6, 6.07) is 15.5. The number of hydrogen-bond donors (Lipinski definition) is 0. The van der Waals surface area contributed by atoms with Gasteiger partial charge in [-0.2, -0.15) is 0 Å². The molecule has 2 aromatic carbocycles. The lowest BCUT2D eigenvalue weighted by molar-refractivity contribution is 0.482. The Morgan fingerprint density at radius 3 is 2.44 bits per heavy atom. The average molecular weight is 233 g/mol. The van der Waals surface area contributed by atoms with Crippen molar-refractivity contribution in [2.24, 2.45) is 0 Å². The van der Waals surface area contributed by atoms with E-state index in [1.54, 1.807) is 0 Å². The summed E-state index contributed by atoms with van der Waals surface area (Å²) in [6.45, 7) is 2.10. The third kappa shape index (κ3) is 2.77. The molecule has 0 aliphatic heterocycles. The molecule has 0 aliphatic rings. The lowest BCUT2D eigenvalue weighted by atomic mass is 10.2. The Morgan fingerprint density at radius 2 is 1.75 bits per heavy atom. The summed E-state index contributed by atoms with van der Waals surface area (Å²) in [4.78, 5) is 0. The van der Waals surface area contributed by atoms with Crippen molar-refractivity contribution in [3.8, 4) is 11.5 Å². The van der Waals surface area contributed by atoms with Crippen LogP contribution in [0.15, 0.2) is 48.5 Å². The van der Waals surface area contributed by atoms with Crippen molar-refractivity contribution in [3.63, 3.8) is 0 Å². The van der Waals surface area contributed by atoms with Crippen molar-refractivity contribution in [1.29, 1.82) is 0 Å². The van der Waals surface area contributed by atoms with E-state index in [1.807, 2.05) is 48.5 Å². The Hall–Kier alpha value is -1.47. The third-order valence-corrected chi connectivity index (χ3v) is 2.54.